The van der Waals surface area contributed by atoms with Crippen molar-refractivity contribution in [3.05, 3.63) is 24.3 Å². The van der Waals surface area contributed by atoms with Crippen molar-refractivity contribution in [2.75, 3.05) is 10.6 Å². The maximum absolute atomic E-state index is 12.5. The second-order valence-corrected chi connectivity index (χ2v) is 6.06. The van der Waals surface area contributed by atoms with E-state index in [2.05, 4.69) is 10.6 Å². The van der Waals surface area contributed by atoms with Crippen molar-refractivity contribution >= 4 is 23.2 Å². The fourth-order valence-electron chi connectivity index (χ4n) is 2.49. The largest absolute Gasteiger partial charge is 0.374 e. The summed E-state index contributed by atoms with van der Waals surface area (Å²) in [6.45, 7) is 11.4. The Morgan fingerprint density at radius 2 is 1.36 bits per heavy atom. The summed E-state index contributed by atoms with van der Waals surface area (Å²) in [6, 6.07) is 7.34. The van der Waals surface area contributed by atoms with Crippen LogP contribution in [0, 0.1) is 0 Å². The lowest BCUT2D eigenvalue weighted by Crippen LogP contribution is -2.48. The molecule has 0 aliphatic rings. The van der Waals surface area contributed by atoms with Crippen LogP contribution in [0.25, 0.3) is 0 Å². The summed E-state index contributed by atoms with van der Waals surface area (Å²) in [5.41, 5.74) is 1.59. The Hall–Kier alpha value is -2.04. The summed E-state index contributed by atoms with van der Waals surface area (Å²) in [7, 11) is 0. The van der Waals surface area contributed by atoms with Crippen molar-refractivity contribution in [2.24, 2.45) is 0 Å². The van der Waals surface area contributed by atoms with Gasteiger partial charge in [-0.05, 0) is 58.9 Å². The van der Waals surface area contributed by atoms with Gasteiger partial charge in [0.25, 0.3) is 0 Å². The zero-order valence-electron chi connectivity index (χ0n) is 14.3. The summed E-state index contributed by atoms with van der Waals surface area (Å²) in [6.07, 6.45) is 0. The third kappa shape index (κ3) is 5.06. The Balaban J connectivity index is 2.73. The monoisotopic (exact) mass is 305 g/mol. The smallest absolute Gasteiger partial charge is 0.245 e. The first kappa shape index (κ1) is 18.0. The van der Waals surface area contributed by atoms with Gasteiger partial charge in [-0.15, -0.1) is 0 Å². The second kappa shape index (κ2) is 7.82. The summed E-state index contributed by atoms with van der Waals surface area (Å²) in [5.74, 6) is -0.0234. The molecular weight excluding hydrogens is 278 g/mol. The lowest BCUT2D eigenvalue weighted by atomic mass is 10.1. The molecule has 1 atom stereocenters. The Morgan fingerprint density at radius 3 is 1.77 bits per heavy atom. The third-order valence-electron chi connectivity index (χ3n) is 3.33. The van der Waals surface area contributed by atoms with E-state index in [0.717, 1.165) is 11.4 Å². The van der Waals surface area contributed by atoms with Crippen molar-refractivity contribution in [1.82, 2.24) is 4.90 Å². The van der Waals surface area contributed by atoms with Crippen molar-refractivity contribution in [3.63, 3.8) is 0 Å². The van der Waals surface area contributed by atoms with Crippen LogP contribution in [0.5, 0.6) is 0 Å². The minimum Gasteiger partial charge on any atom is -0.374 e. The van der Waals surface area contributed by atoms with Crippen LogP contribution in [0.2, 0.25) is 0 Å². The van der Waals surface area contributed by atoms with E-state index in [-0.39, 0.29) is 29.9 Å². The van der Waals surface area contributed by atoms with E-state index >= 15 is 0 Å². The lowest BCUT2D eigenvalue weighted by Gasteiger charge is -2.33. The maximum Gasteiger partial charge on any atom is 0.245 e. The van der Waals surface area contributed by atoms with Crippen LogP contribution in [-0.4, -0.2) is 34.8 Å². The minimum absolute atomic E-state index is 0.0796. The molecule has 22 heavy (non-hydrogen) atoms. The van der Waals surface area contributed by atoms with E-state index in [9.17, 15) is 9.59 Å². The Bertz CT molecular complexity index is 501. The van der Waals surface area contributed by atoms with Crippen LogP contribution in [0.1, 0.15) is 41.5 Å². The maximum atomic E-state index is 12.5. The van der Waals surface area contributed by atoms with Gasteiger partial charge in [-0.2, -0.15) is 0 Å². The fraction of sp³-hybridized carbons (Fsp3) is 0.529. The number of carbonyl (C=O) groups is 2. The zero-order valence-corrected chi connectivity index (χ0v) is 14.3. The average molecular weight is 305 g/mol. The van der Waals surface area contributed by atoms with Gasteiger partial charge in [-0.1, -0.05) is 0 Å². The van der Waals surface area contributed by atoms with Gasteiger partial charge in [0.2, 0.25) is 11.8 Å². The quantitative estimate of drug-likeness (QED) is 0.849. The number of hydrogen-bond acceptors (Lipinski definition) is 3. The highest BCUT2D eigenvalue weighted by Gasteiger charge is 2.24. The number of rotatable bonds is 6. The van der Waals surface area contributed by atoms with Crippen molar-refractivity contribution < 1.29 is 9.59 Å². The van der Waals surface area contributed by atoms with Crippen molar-refractivity contribution in [2.45, 2.75) is 59.7 Å². The van der Waals surface area contributed by atoms with Gasteiger partial charge in [0.1, 0.15) is 6.04 Å². The summed E-state index contributed by atoms with van der Waals surface area (Å²) in [4.78, 5) is 25.4. The van der Waals surface area contributed by atoms with Crippen molar-refractivity contribution in [1.29, 1.82) is 0 Å². The molecule has 0 aliphatic heterocycles. The average Bonchev–Trinajstić information content (AvgIpc) is 2.39. The molecule has 0 unspecified atom stereocenters. The molecule has 0 radical (unpaired) electrons. The lowest BCUT2D eigenvalue weighted by molar-refractivity contribution is -0.135. The second-order valence-electron chi connectivity index (χ2n) is 6.06. The Labute approximate surface area is 133 Å². The molecule has 5 nitrogen and oxygen atoms in total. The van der Waals surface area contributed by atoms with Crippen LogP contribution in [0.15, 0.2) is 24.3 Å². The van der Waals surface area contributed by atoms with E-state index in [0.29, 0.717) is 0 Å². The van der Waals surface area contributed by atoms with Gasteiger partial charge in [0.05, 0.1) is 0 Å². The van der Waals surface area contributed by atoms with E-state index in [4.69, 9.17) is 0 Å². The normalized spacial score (nSPS) is 12.2. The highest BCUT2D eigenvalue weighted by Crippen LogP contribution is 2.16. The van der Waals surface area contributed by atoms with Gasteiger partial charge < -0.3 is 15.5 Å². The molecule has 0 fully saturated rings. The molecule has 1 aromatic carbocycles. The molecule has 2 N–H and O–H groups in total. The molecule has 0 spiro atoms. The van der Waals surface area contributed by atoms with Gasteiger partial charge in [-0.3, -0.25) is 9.59 Å². The van der Waals surface area contributed by atoms with Crippen LogP contribution < -0.4 is 10.6 Å². The summed E-state index contributed by atoms with van der Waals surface area (Å²) < 4.78 is 0. The van der Waals surface area contributed by atoms with Crippen LogP contribution in [0.3, 0.4) is 0 Å². The first-order chi connectivity index (χ1) is 10.2. The van der Waals surface area contributed by atoms with Gasteiger partial charge in [0.15, 0.2) is 0 Å². The summed E-state index contributed by atoms with van der Waals surface area (Å²) >= 11 is 0. The molecule has 2 amide bonds. The third-order valence-corrected chi connectivity index (χ3v) is 3.33. The molecule has 5 heteroatoms. The number of amides is 2. The molecule has 0 heterocycles. The Morgan fingerprint density at radius 1 is 0.909 bits per heavy atom. The Kier molecular flexibility index (Phi) is 6.40. The summed E-state index contributed by atoms with van der Waals surface area (Å²) in [5, 5.41) is 5.92. The predicted octanol–water partition coefficient (Wildman–Crippen LogP) is 3.09. The van der Waals surface area contributed by atoms with E-state index in [1.54, 1.807) is 0 Å². The predicted molar refractivity (Wildman–Crippen MR) is 90.9 cm³/mol. The standard InChI is InChI=1S/C17H27N3O2/c1-11(2)20(12(3)4)17(22)13(5)18-15-7-9-16(10-8-15)19-14(6)21/h7-13,18H,1-6H3,(H,19,21)/t13-/m0/s1. The zero-order chi connectivity index (χ0) is 16.9. The number of hydrogen-bond donors (Lipinski definition) is 2. The van der Waals surface area contributed by atoms with Crippen LogP contribution in [0.4, 0.5) is 11.4 Å². The molecular formula is C17H27N3O2. The molecule has 1 rings (SSSR count). The first-order valence-electron chi connectivity index (χ1n) is 7.68. The number of nitrogens with one attached hydrogen (secondary N) is 2. The van der Waals surface area contributed by atoms with Crippen LogP contribution in [-0.2, 0) is 9.59 Å². The van der Waals surface area contributed by atoms with Crippen LogP contribution >= 0.6 is 0 Å². The van der Waals surface area contributed by atoms with Gasteiger partial charge >= 0.3 is 0 Å². The van der Waals surface area contributed by atoms with Gasteiger partial charge in [-0.25, -0.2) is 0 Å². The topological polar surface area (TPSA) is 61.4 Å². The molecule has 0 bridgehead atoms. The van der Waals surface area contributed by atoms with Crippen molar-refractivity contribution in [3.8, 4) is 0 Å². The number of benzene rings is 1. The SMILES string of the molecule is CC(=O)Nc1ccc(N[C@@H](C)C(=O)N(C(C)C)C(C)C)cc1. The van der Waals surface area contributed by atoms with E-state index < -0.39 is 0 Å². The molecule has 1 aromatic rings. The molecule has 0 saturated heterocycles. The number of nitrogens with zero attached hydrogens (tertiary/aromatic N) is 1. The molecule has 0 saturated carbocycles. The first-order valence-corrected chi connectivity index (χ1v) is 7.68. The van der Waals surface area contributed by atoms with E-state index in [1.807, 2.05) is 63.8 Å². The molecule has 122 valence electrons. The van der Waals surface area contributed by atoms with Gasteiger partial charge in [0, 0.05) is 30.4 Å². The van der Waals surface area contributed by atoms with E-state index in [1.165, 1.54) is 6.92 Å². The highest BCUT2D eigenvalue weighted by molar-refractivity contribution is 5.89. The minimum atomic E-state index is -0.309. The fourth-order valence-corrected chi connectivity index (χ4v) is 2.49. The molecule has 0 aromatic heterocycles. The molecule has 0 aliphatic carbocycles. The number of anilines is 2. The number of carbonyl (C=O) groups excluding carboxylic acids is 2. The highest BCUT2D eigenvalue weighted by atomic mass is 16.2.